The van der Waals surface area contributed by atoms with Crippen LogP contribution in [0.4, 0.5) is 4.39 Å². The largest absolute Gasteiger partial charge is 0.494 e. The summed E-state index contributed by atoms with van der Waals surface area (Å²) in [5.41, 5.74) is 4.17. The molecule has 3 rings (SSSR count). The van der Waals surface area contributed by atoms with E-state index in [1.54, 1.807) is 12.1 Å². The molecule has 3 nitrogen and oxygen atoms in total. The highest BCUT2D eigenvalue weighted by Crippen LogP contribution is 2.30. The van der Waals surface area contributed by atoms with Gasteiger partial charge in [0.1, 0.15) is 0 Å². The summed E-state index contributed by atoms with van der Waals surface area (Å²) >= 11 is 0. The Kier molecular flexibility index (Phi) is 5.33. The number of ether oxygens (including phenoxy) is 1. The molecule has 3 aromatic rings. The number of hydrogen-bond donors (Lipinski definition) is 0. The first kappa shape index (κ1) is 20.1. The highest BCUT2D eigenvalue weighted by atomic mass is 19.1. The van der Waals surface area contributed by atoms with Crippen molar-refractivity contribution in [2.45, 2.75) is 51.9 Å². The molecule has 0 aliphatic rings. The van der Waals surface area contributed by atoms with Crippen molar-refractivity contribution in [2.24, 2.45) is 0 Å². The van der Waals surface area contributed by atoms with E-state index >= 15 is 0 Å². The number of halogens is 1. The minimum absolute atomic E-state index is 0.135. The van der Waals surface area contributed by atoms with E-state index in [0.29, 0.717) is 6.42 Å². The average molecular weight is 381 g/mol. The summed E-state index contributed by atoms with van der Waals surface area (Å²) in [6.07, 6.45) is 4.60. The van der Waals surface area contributed by atoms with Gasteiger partial charge in [0.15, 0.2) is 11.6 Å². The van der Waals surface area contributed by atoms with Crippen LogP contribution in [0.3, 0.4) is 0 Å². The van der Waals surface area contributed by atoms with Crippen LogP contribution in [0.15, 0.2) is 55.0 Å². The molecule has 148 valence electrons. The zero-order chi connectivity index (χ0) is 20.5. The van der Waals surface area contributed by atoms with Crippen LogP contribution < -0.4 is 4.74 Å². The van der Waals surface area contributed by atoms with E-state index < -0.39 is 0 Å². The van der Waals surface area contributed by atoms with E-state index in [9.17, 15) is 4.39 Å². The fourth-order valence-corrected chi connectivity index (χ4v) is 3.37. The summed E-state index contributed by atoms with van der Waals surface area (Å²) in [6, 6.07) is 13.7. The van der Waals surface area contributed by atoms with E-state index in [1.165, 1.54) is 12.7 Å². The van der Waals surface area contributed by atoms with Gasteiger partial charge in [-0.25, -0.2) is 9.37 Å². The highest BCUT2D eigenvalue weighted by molar-refractivity contribution is 5.38. The van der Waals surface area contributed by atoms with Crippen LogP contribution in [0.1, 0.15) is 51.4 Å². The first-order valence-corrected chi connectivity index (χ1v) is 9.58. The molecule has 28 heavy (non-hydrogen) atoms. The van der Waals surface area contributed by atoms with E-state index in [1.807, 2.05) is 23.2 Å². The van der Waals surface area contributed by atoms with Crippen LogP contribution in [-0.4, -0.2) is 16.7 Å². The van der Waals surface area contributed by atoms with Gasteiger partial charge >= 0.3 is 0 Å². The van der Waals surface area contributed by atoms with Gasteiger partial charge in [-0.2, -0.15) is 0 Å². The maximum atomic E-state index is 14.1. The Bertz CT molecular complexity index is 949. The van der Waals surface area contributed by atoms with Gasteiger partial charge in [-0.05, 0) is 46.2 Å². The Labute approximate surface area is 167 Å². The molecule has 1 aromatic heterocycles. The summed E-state index contributed by atoms with van der Waals surface area (Å²) in [5, 5.41) is 0. The number of rotatable bonds is 5. The van der Waals surface area contributed by atoms with Crippen molar-refractivity contribution >= 4 is 0 Å². The highest BCUT2D eigenvalue weighted by Gasteiger charge is 2.24. The number of imidazole rings is 1. The standard InChI is InChI=1S/C24H29FN2O/c1-23(2,3)17-7-10-20(11-8-17)27-15-19(26-16-27)14-24(4,5)18-9-12-22(28-6)21(25)13-18/h7-13,15-16H,14H2,1-6H3. The molecule has 0 amide bonds. The smallest absolute Gasteiger partial charge is 0.165 e. The third-order valence-electron chi connectivity index (χ3n) is 5.22. The van der Waals surface area contributed by atoms with Crippen molar-refractivity contribution in [3.05, 3.63) is 77.6 Å². The first-order chi connectivity index (χ1) is 13.1. The number of benzene rings is 2. The minimum atomic E-state index is -0.336. The van der Waals surface area contributed by atoms with Gasteiger partial charge in [0.05, 0.1) is 19.1 Å². The SMILES string of the molecule is COc1ccc(C(C)(C)Cc2cn(-c3ccc(C(C)(C)C)cc3)cn2)cc1F. The van der Waals surface area contributed by atoms with E-state index in [0.717, 1.165) is 16.9 Å². The fourth-order valence-electron chi connectivity index (χ4n) is 3.37. The lowest BCUT2D eigenvalue weighted by atomic mass is 9.80. The van der Waals surface area contributed by atoms with E-state index in [4.69, 9.17) is 4.74 Å². The lowest BCUT2D eigenvalue weighted by Crippen LogP contribution is -2.21. The van der Waals surface area contributed by atoms with Gasteiger partial charge in [0, 0.05) is 18.3 Å². The Morgan fingerprint density at radius 1 is 0.964 bits per heavy atom. The van der Waals surface area contributed by atoms with Crippen LogP contribution in [0.25, 0.3) is 5.69 Å². The Morgan fingerprint density at radius 2 is 1.61 bits per heavy atom. The third kappa shape index (κ3) is 4.27. The van der Waals surface area contributed by atoms with Crippen molar-refractivity contribution in [3.8, 4) is 11.4 Å². The van der Waals surface area contributed by atoms with Crippen LogP contribution in [0.5, 0.6) is 5.75 Å². The molecular formula is C24H29FN2O. The van der Waals surface area contributed by atoms with Crippen molar-refractivity contribution in [2.75, 3.05) is 7.11 Å². The Hall–Kier alpha value is -2.62. The van der Waals surface area contributed by atoms with Crippen LogP contribution in [0.2, 0.25) is 0 Å². The molecule has 0 bridgehead atoms. The molecule has 0 spiro atoms. The van der Waals surface area contributed by atoms with Gasteiger partial charge in [-0.15, -0.1) is 0 Å². The third-order valence-corrected chi connectivity index (χ3v) is 5.22. The van der Waals surface area contributed by atoms with Crippen molar-refractivity contribution in [3.63, 3.8) is 0 Å². The molecule has 0 aliphatic carbocycles. The molecule has 0 atom stereocenters. The molecule has 0 fully saturated rings. The lowest BCUT2D eigenvalue weighted by Gasteiger charge is -2.24. The number of nitrogens with zero attached hydrogens (tertiary/aromatic N) is 2. The van der Waals surface area contributed by atoms with Crippen LogP contribution in [-0.2, 0) is 17.3 Å². The zero-order valence-corrected chi connectivity index (χ0v) is 17.6. The van der Waals surface area contributed by atoms with Crippen molar-refractivity contribution in [1.82, 2.24) is 9.55 Å². The fraction of sp³-hybridized carbons (Fsp3) is 0.375. The van der Waals surface area contributed by atoms with Gasteiger partial charge in [0.25, 0.3) is 0 Å². The number of hydrogen-bond acceptors (Lipinski definition) is 2. The first-order valence-electron chi connectivity index (χ1n) is 9.58. The second-order valence-electron chi connectivity index (χ2n) is 8.98. The summed E-state index contributed by atoms with van der Waals surface area (Å²) < 4.78 is 21.2. The normalized spacial score (nSPS) is 12.2. The van der Waals surface area contributed by atoms with Gasteiger partial charge in [0.2, 0.25) is 0 Å². The van der Waals surface area contributed by atoms with Gasteiger partial charge in [-0.1, -0.05) is 52.8 Å². The molecule has 2 aromatic carbocycles. The Balaban J connectivity index is 1.79. The molecule has 0 radical (unpaired) electrons. The topological polar surface area (TPSA) is 27.1 Å². The zero-order valence-electron chi connectivity index (χ0n) is 17.6. The van der Waals surface area contributed by atoms with Gasteiger partial charge < -0.3 is 9.30 Å². The molecule has 0 aliphatic heterocycles. The van der Waals surface area contributed by atoms with Crippen molar-refractivity contribution < 1.29 is 9.13 Å². The molecule has 4 heteroatoms. The molecule has 0 unspecified atom stereocenters. The maximum absolute atomic E-state index is 14.1. The molecular weight excluding hydrogens is 351 g/mol. The molecule has 0 N–H and O–H groups in total. The molecule has 0 saturated heterocycles. The summed E-state index contributed by atoms with van der Waals surface area (Å²) in [4.78, 5) is 4.58. The summed E-state index contributed by atoms with van der Waals surface area (Å²) in [5.74, 6) is -0.0694. The maximum Gasteiger partial charge on any atom is 0.165 e. The van der Waals surface area contributed by atoms with Gasteiger partial charge in [-0.3, -0.25) is 0 Å². The number of aromatic nitrogens is 2. The van der Waals surface area contributed by atoms with Crippen molar-refractivity contribution in [1.29, 1.82) is 0 Å². The molecule has 0 saturated carbocycles. The molecule has 1 heterocycles. The summed E-state index contributed by atoms with van der Waals surface area (Å²) in [7, 11) is 1.48. The lowest BCUT2D eigenvalue weighted by molar-refractivity contribution is 0.384. The predicted octanol–water partition coefficient (Wildman–Crippen LogP) is 5.84. The quantitative estimate of drug-likeness (QED) is 0.556. The Morgan fingerprint density at radius 3 is 2.18 bits per heavy atom. The average Bonchev–Trinajstić information content (AvgIpc) is 3.08. The monoisotopic (exact) mass is 380 g/mol. The summed E-state index contributed by atoms with van der Waals surface area (Å²) in [6.45, 7) is 10.8. The second-order valence-corrected chi connectivity index (χ2v) is 8.98. The predicted molar refractivity (Wildman–Crippen MR) is 112 cm³/mol. The second kappa shape index (κ2) is 7.42. The van der Waals surface area contributed by atoms with E-state index in [-0.39, 0.29) is 22.4 Å². The number of methoxy groups -OCH3 is 1. The van der Waals surface area contributed by atoms with E-state index in [2.05, 4.69) is 63.9 Å². The van der Waals surface area contributed by atoms with Crippen LogP contribution >= 0.6 is 0 Å². The van der Waals surface area contributed by atoms with Crippen LogP contribution in [0, 0.1) is 5.82 Å². The minimum Gasteiger partial charge on any atom is -0.494 e.